The lowest BCUT2D eigenvalue weighted by Crippen LogP contribution is -2.52. The number of amides is 2. The third-order valence-corrected chi connectivity index (χ3v) is 5.16. The molecule has 9 heteroatoms. The lowest BCUT2D eigenvalue weighted by atomic mass is 10.0. The maximum atomic E-state index is 12.5. The fourth-order valence-corrected chi connectivity index (χ4v) is 3.36. The van der Waals surface area contributed by atoms with E-state index < -0.39 is 17.8 Å². The molecule has 1 aromatic carbocycles. The lowest BCUT2D eigenvalue weighted by Gasteiger charge is -2.31. The minimum Gasteiger partial charge on any atom is -0.480 e. The number of allylic oxidation sites excluding steroid dienone is 1. The summed E-state index contributed by atoms with van der Waals surface area (Å²) in [6.07, 6.45) is 3.64. The molecule has 1 aliphatic heterocycles. The minimum atomic E-state index is -0.511. The monoisotopic (exact) mass is 466 g/mol. The molecule has 2 rings (SSSR count). The van der Waals surface area contributed by atoms with Gasteiger partial charge in [-0.05, 0) is 63.9 Å². The first-order valence-corrected chi connectivity index (χ1v) is 9.36. The van der Waals surface area contributed by atoms with Gasteiger partial charge in [-0.2, -0.15) is 0 Å². The van der Waals surface area contributed by atoms with Crippen molar-refractivity contribution in [3.05, 3.63) is 46.0 Å². The highest BCUT2D eigenvalue weighted by Gasteiger charge is 2.35. The summed E-state index contributed by atoms with van der Waals surface area (Å²) in [5.74, 6) is -0.992. The van der Waals surface area contributed by atoms with E-state index in [0.717, 1.165) is 5.56 Å². The maximum absolute atomic E-state index is 12.5. The van der Waals surface area contributed by atoms with Crippen molar-refractivity contribution in [3.8, 4) is 5.75 Å². The Hall–Kier alpha value is -2.52. The summed E-state index contributed by atoms with van der Waals surface area (Å²) < 4.78 is 10.7. The summed E-state index contributed by atoms with van der Waals surface area (Å²) in [4.78, 5) is 38.8. The normalized spacial score (nSPS) is 14.3. The highest BCUT2D eigenvalue weighted by Crippen LogP contribution is 2.33. The molecule has 1 heterocycles. The summed E-state index contributed by atoms with van der Waals surface area (Å²) in [7, 11) is 4.31. The molecule has 0 bridgehead atoms. The third-order valence-electron chi connectivity index (χ3n) is 4.02. The maximum Gasteiger partial charge on any atom is 0.343 e. The molecular formula is C19H19BrN2O5S. The molecule has 1 aliphatic rings. The minimum absolute atomic E-state index is 0.00159. The average molecular weight is 467 g/mol. The highest BCUT2D eigenvalue weighted by atomic mass is 79.9. The van der Waals surface area contributed by atoms with Gasteiger partial charge in [0.1, 0.15) is 11.3 Å². The molecule has 1 aromatic rings. The fraction of sp³-hybridized carbons (Fsp3) is 0.263. The van der Waals surface area contributed by atoms with Gasteiger partial charge < -0.3 is 9.47 Å². The molecule has 0 unspecified atom stereocenters. The molecule has 1 fully saturated rings. The number of hydrogen-bond donors (Lipinski definition) is 0. The van der Waals surface area contributed by atoms with Crippen LogP contribution in [0.5, 0.6) is 5.75 Å². The van der Waals surface area contributed by atoms with Crippen LogP contribution in [0.15, 0.2) is 34.8 Å². The summed E-state index contributed by atoms with van der Waals surface area (Å²) in [6.45, 7) is 3.48. The van der Waals surface area contributed by atoms with E-state index in [9.17, 15) is 14.4 Å². The molecule has 0 aliphatic carbocycles. The zero-order chi connectivity index (χ0) is 21.0. The van der Waals surface area contributed by atoms with Crippen LogP contribution in [-0.4, -0.2) is 60.5 Å². The SMILES string of the molecule is C=CCc1cc(C=C2C(=O)N(C)C(=S)N(C)C2=O)cc(Br)c1OCC(=O)OC. The Morgan fingerprint density at radius 3 is 2.39 bits per heavy atom. The van der Waals surface area contributed by atoms with E-state index in [2.05, 4.69) is 27.2 Å². The summed E-state index contributed by atoms with van der Waals surface area (Å²) in [6, 6.07) is 3.46. The fourth-order valence-electron chi connectivity index (χ4n) is 2.56. The van der Waals surface area contributed by atoms with Gasteiger partial charge in [-0.25, -0.2) is 4.79 Å². The number of likely N-dealkylation sites (N-methyl/N-ethyl adjacent to an activating group) is 2. The first-order valence-electron chi connectivity index (χ1n) is 8.16. The van der Waals surface area contributed by atoms with Crippen molar-refractivity contribution >= 4 is 57.1 Å². The first kappa shape index (κ1) is 21.8. The van der Waals surface area contributed by atoms with Gasteiger partial charge in [0.25, 0.3) is 11.8 Å². The van der Waals surface area contributed by atoms with Crippen molar-refractivity contribution in [2.75, 3.05) is 27.8 Å². The summed E-state index contributed by atoms with van der Waals surface area (Å²) in [5, 5.41) is 0.146. The number of methoxy groups -OCH3 is 1. The lowest BCUT2D eigenvalue weighted by molar-refractivity contribution is -0.143. The van der Waals surface area contributed by atoms with Crippen molar-refractivity contribution < 1.29 is 23.9 Å². The van der Waals surface area contributed by atoms with E-state index in [-0.39, 0.29) is 17.3 Å². The molecule has 2 amide bonds. The quantitative estimate of drug-likeness (QED) is 0.210. The molecular weight excluding hydrogens is 448 g/mol. The van der Waals surface area contributed by atoms with Crippen molar-refractivity contribution in [1.29, 1.82) is 0 Å². The first-order chi connectivity index (χ1) is 13.2. The van der Waals surface area contributed by atoms with Crippen LogP contribution in [-0.2, 0) is 25.5 Å². The van der Waals surface area contributed by atoms with Crippen LogP contribution in [0.25, 0.3) is 6.08 Å². The number of carbonyl (C=O) groups is 3. The van der Waals surface area contributed by atoms with Gasteiger partial charge in [0.2, 0.25) is 0 Å². The van der Waals surface area contributed by atoms with E-state index in [1.165, 1.54) is 37.1 Å². The van der Waals surface area contributed by atoms with E-state index in [0.29, 0.717) is 22.2 Å². The van der Waals surface area contributed by atoms with Crippen LogP contribution in [0.4, 0.5) is 0 Å². The van der Waals surface area contributed by atoms with Crippen LogP contribution in [0.2, 0.25) is 0 Å². The van der Waals surface area contributed by atoms with Gasteiger partial charge in [0, 0.05) is 14.1 Å². The van der Waals surface area contributed by atoms with Crippen molar-refractivity contribution in [3.63, 3.8) is 0 Å². The number of benzene rings is 1. The number of ether oxygens (including phenoxy) is 2. The Kier molecular flexibility index (Phi) is 7.09. The van der Waals surface area contributed by atoms with E-state index in [4.69, 9.17) is 17.0 Å². The Balaban J connectivity index is 2.46. The van der Waals surface area contributed by atoms with E-state index in [1.54, 1.807) is 18.2 Å². The number of nitrogens with zero attached hydrogens (tertiary/aromatic N) is 2. The zero-order valence-corrected chi connectivity index (χ0v) is 18.1. The van der Waals surface area contributed by atoms with Crippen LogP contribution in [0, 0.1) is 0 Å². The predicted molar refractivity (Wildman–Crippen MR) is 112 cm³/mol. The number of rotatable bonds is 6. The Morgan fingerprint density at radius 2 is 1.86 bits per heavy atom. The Labute approximate surface area is 176 Å². The molecule has 28 heavy (non-hydrogen) atoms. The van der Waals surface area contributed by atoms with Crippen LogP contribution >= 0.6 is 28.1 Å². The second kappa shape index (κ2) is 9.11. The summed E-state index contributed by atoms with van der Waals surface area (Å²) >= 11 is 8.50. The van der Waals surface area contributed by atoms with Gasteiger partial charge >= 0.3 is 5.97 Å². The molecule has 0 aromatic heterocycles. The average Bonchev–Trinajstić information content (AvgIpc) is 2.67. The molecule has 148 valence electrons. The number of thiocarbonyl (C=S) groups is 1. The molecule has 0 N–H and O–H groups in total. The van der Waals surface area contributed by atoms with Gasteiger partial charge in [0.15, 0.2) is 11.7 Å². The highest BCUT2D eigenvalue weighted by molar-refractivity contribution is 9.10. The summed E-state index contributed by atoms with van der Waals surface area (Å²) in [5.41, 5.74) is 1.34. The predicted octanol–water partition coefficient (Wildman–Crippen LogP) is 2.33. The van der Waals surface area contributed by atoms with Gasteiger partial charge in [0.05, 0.1) is 11.6 Å². The largest absolute Gasteiger partial charge is 0.480 e. The van der Waals surface area contributed by atoms with Crippen LogP contribution in [0.3, 0.4) is 0 Å². The molecule has 7 nitrogen and oxygen atoms in total. The second-order valence-corrected chi connectivity index (χ2v) is 7.14. The van der Waals surface area contributed by atoms with Crippen molar-refractivity contribution in [1.82, 2.24) is 9.80 Å². The zero-order valence-electron chi connectivity index (χ0n) is 15.7. The molecule has 0 atom stereocenters. The second-order valence-electron chi connectivity index (χ2n) is 5.92. The molecule has 0 radical (unpaired) electrons. The number of carbonyl (C=O) groups excluding carboxylic acids is 3. The van der Waals surface area contributed by atoms with Crippen molar-refractivity contribution in [2.45, 2.75) is 6.42 Å². The third kappa shape index (κ3) is 4.48. The van der Waals surface area contributed by atoms with Crippen LogP contribution in [0.1, 0.15) is 11.1 Å². The number of halogens is 1. The van der Waals surface area contributed by atoms with Gasteiger partial charge in [-0.15, -0.1) is 6.58 Å². The molecule has 0 spiro atoms. The standard InChI is InChI=1S/C19H19BrN2O5S/c1-5-6-12-7-11(9-14(20)16(12)27-10-15(23)26-4)8-13-17(24)21(2)19(28)22(3)18(13)25/h5,7-9H,1,6,10H2,2-4H3. The van der Waals surface area contributed by atoms with Crippen molar-refractivity contribution in [2.24, 2.45) is 0 Å². The number of esters is 1. The number of hydrogen-bond acceptors (Lipinski definition) is 6. The van der Waals surface area contributed by atoms with Crippen LogP contribution < -0.4 is 4.74 Å². The van der Waals surface area contributed by atoms with Gasteiger partial charge in [-0.3, -0.25) is 19.4 Å². The van der Waals surface area contributed by atoms with E-state index in [1.807, 2.05) is 0 Å². The topological polar surface area (TPSA) is 76.2 Å². The van der Waals surface area contributed by atoms with E-state index >= 15 is 0 Å². The Bertz CT molecular complexity index is 871. The Morgan fingerprint density at radius 1 is 1.25 bits per heavy atom. The smallest absolute Gasteiger partial charge is 0.343 e. The van der Waals surface area contributed by atoms with Gasteiger partial charge in [-0.1, -0.05) is 6.08 Å². The molecule has 0 saturated carbocycles. The molecule has 1 saturated heterocycles.